The van der Waals surface area contributed by atoms with Crippen molar-refractivity contribution in [2.75, 3.05) is 12.3 Å². The molecule has 2 N–H and O–H groups in total. The third-order valence-electron chi connectivity index (χ3n) is 4.44. The lowest BCUT2D eigenvalue weighted by Gasteiger charge is -2.21. The van der Waals surface area contributed by atoms with Crippen molar-refractivity contribution in [3.8, 4) is 5.69 Å². The summed E-state index contributed by atoms with van der Waals surface area (Å²) in [6, 6.07) is 6.25. The Balaban J connectivity index is 1.53. The van der Waals surface area contributed by atoms with Crippen molar-refractivity contribution in [3.63, 3.8) is 0 Å². The Hall–Kier alpha value is -2.42. The van der Waals surface area contributed by atoms with Crippen LogP contribution in [0, 0.1) is 5.92 Å². The molecule has 1 aromatic heterocycles. The summed E-state index contributed by atoms with van der Waals surface area (Å²) in [5.74, 6) is -0.190. The van der Waals surface area contributed by atoms with Crippen LogP contribution in [0.2, 0.25) is 0 Å². The van der Waals surface area contributed by atoms with Gasteiger partial charge in [-0.15, -0.1) is 5.10 Å². The van der Waals surface area contributed by atoms with Gasteiger partial charge in [-0.05, 0) is 53.5 Å². The molecule has 1 saturated carbocycles. The number of carboxylic acids is 1. The molecule has 26 heavy (non-hydrogen) atoms. The van der Waals surface area contributed by atoms with E-state index in [2.05, 4.69) is 20.8 Å². The fraction of sp³-hybridized carbons (Fsp3) is 0.471. The van der Waals surface area contributed by atoms with E-state index in [0.717, 1.165) is 6.54 Å². The summed E-state index contributed by atoms with van der Waals surface area (Å²) in [6.07, 6.45) is 6.20. The van der Waals surface area contributed by atoms with Gasteiger partial charge in [0.25, 0.3) is 0 Å². The molecule has 1 aliphatic rings. The molecule has 138 valence electrons. The van der Waals surface area contributed by atoms with E-state index in [1.807, 2.05) is 0 Å². The minimum absolute atomic E-state index is 0.0312. The first-order valence-corrected chi connectivity index (χ1v) is 9.63. The van der Waals surface area contributed by atoms with Crippen LogP contribution in [0.1, 0.15) is 42.5 Å². The number of amides is 1. The fourth-order valence-corrected chi connectivity index (χ4v) is 3.73. The maximum atomic E-state index is 12.1. The van der Waals surface area contributed by atoms with Crippen LogP contribution in [0.4, 0.5) is 0 Å². The Kier molecular flexibility index (Phi) is 6.21. The predicted molar refractivity (Wildman–Crippen MR) is 96.4 cm³/mol. The van der Waals surface area contributed by atoms with Crippen molar-refractivity contribution in [1.29, 1.82) is 0 Å². The summed E-state index contributed by atoms with van der Waals surface area (Å²) >= 11 is 1.25. The first kappa shape index (κ1) is 18.4. The zero-order valence-electron chi connectivity index (χ0n) is 14.3. The highest BCUT2D eigenvalue weighted by molar-refractivity contribution is 7.99. The van der Waals surface area contributed by atoms with Crippen molar-refractivity contribution in [1.82, 2.24) is 25.5 Å². The normalized spacial score (nSPS) is 14.9. The molecule has 0 radical (unpaired) electrons. The van der Waals surface area contributed by atoms with Gasteiger partial charge in [0.05, 0.1) is 17.0 Å². The SMILES string of the molecule is O=C(CSc1nnnn1-c1ccc(C(=O)O)cc1)NCC1CCCCC1. The first-order valence-electron chi connectivity index (χ1n) is 8.65. The van der Waals surface area contributed by atoms with Gasteiger partial charge in [0, 0.05) is 6.54 Å². The summed E-state index contributed by atoms with van der Waals surface area (Å²) in [5.41, 5.74) is 0.836. The van der Waals surface area contributed by atoms with Crippen molar-refractivity contribution >= 4 is 23.6 Å². The van der Waals surface area contributed by atoms with Crippen molar-refractivity contribution in [2.24, 2.45) is 5.92 Å². The van der Waals surface area contributed by atoms with E-state index in [1.54, 1.807) is 12.1 Å². The predicted octanol–water partition coefficient (Wildman–Crippen LogP) is 2.15. The number of nitrogens with zero attached hydrogens (tertiary/aromatic N) is 4. The lowest BCUT2D eigenvalue weighted by Crippen LogP contribution is -2.31. The van der Waals surface area contributed by atoms with Gasteiger partial charge >= 0.3 is 5.97 Å². The summed E-state index contributed by atoms with van der Waals surface area (Å²) in [7, 11) is 0. The number of hydrogen-bond acceptors (Lipinski definition) is 6. The van der Waals surface area contributed by atoms with Gasteiger partial charge in [-0.1, -0.05) is 31.0 Å². The Morgan fingerprint density at radius 1 is 1.19 bits per heavy atom. The molecule has 8 nitrogen and oxygen atoms in total. The van der Waals surface area contributed by atoms with Crippen LogP contribution in [0.5, 0.6) is 0 Å². The highest BCUT2D eigenvalue weighted by atomic mass is 32.2. The summed E-state index contributed by atoms with van der Waals surface area (Å²) in [6.45, 7) is 0.737. The molecule has 0 unspecified atom stereocenters. The lowest BCUT2D eigenvalue weighted by molar-refractivity contribution is -0.118. The summed E-state index contributed by atoms with van der Waals surface area (Å²) in [5, 5.41) is 23.9. The third-order valence-corrected chi connectivity index (χ3v) is 5.36. The molecule has 2 aromatic rings. The number of rotatable bonds is 7. The first-order chi connectivity index (χ1) is 12.6. The molecule has 1 aromatic carbocycles. The van der Waals surface area contributed by atoms with E-state index in [9.17, 15) is 9.59 Å². The molecule has 0 saturated heterocycles. The summed E-state index contributed by atoms with van der Waals surface area (Å²) in [4.78, 5) is 23.0. The lowest BCUT2D eigenvalue weighted by atomic mass is 9.89. The largest absolute Gasteiger partial charge is 0.478 e. The van der Waals surface area contributed by atoms with Crippen LogP contribution in [-0.2, 0) is 4.79 Å². The number of hydrogen-bond donors (Lipinski definition) is 2. The maximum Gasteiger partial charge on any atom is 0.335 e. The number of carboxylic acid groups (broad SMARTS) is 1. The van der Waals surface area contributed by atoms with Gasteiger partial charge in [0.15, 0.2) is 0 Å². The number of tetrazole rings is 1. The van der Waals surface area contributed by atoms with E-state index in [0.29, 0.717) is 16.8 Å². The summed E-state index contributed by atoms with van der Waals surface area (Å²) < 4.78 is 1.49. The molecule has 0 aliphatic heterocycles. The Labute approximate surface area is 155 Å². The third kappa shape index (κ3) is 4.81. The zero-order valence-corrected chi connectivity index (χ0v) is 15.1. The molecule has 9 heteroatoms. The number of aromatic carboxylic acids is 1. The van der Waals surface area contributed by atoms with Gasteiger partial charge in [-0.2, -0.15) is 4.68 Å². The Bertz CT molecular complexity index is 756. The Morgan fingerprint density at radius 2 is 1.92 bits per heavy atom. The van der Waals surface area contributed by atoms with Crippen molar-refractivity contribution in [2.45, 2.75) is 37.3 Å². The molecule has 1 fully saturated rings. The second-order valence-electron chi connectivity index (χ2n) is 6.32. The molecule has 3 rings (SSSR count). The van der Waals surface area contributed by atoms with Crippen LogP contribution in [-0.4, -0.2) is 49.5 Å². The number of nitrogens with one attached hydrogen (secondary N) is 1. The van der Waals surface area contributed by atoms with E-state index in [4.69, 9.17) is 5.11 Å². The van der Waals surface area contributed by atoms with Gasteiger partial charge in [0.2, 0.25) is 11.1 Å². The highest BCUT2D eigenvalue weighted by Gasteiger charge is 2.16. The van der Waals surface area contributed by atoms with Crippen molar-refractivity contribution in [3.05, 3.63) is 29.8 Å². The average Bonchev–Trinajstić information content (AvgIpc) is 3.14. The van der Waals surface area contributed by atoms with Crippen LogP contribution in [0.25, 0.3) is 5.69 Å². The standard InChI is InChI=1S/C17H21N5O3S/c23-15(18-10-12-4-2-1-3-5-12)11-26-17-19-20-21-22(17)14-8-6-13(7-9-14)16(24)25/h6-9,12H,1-5,10-11H2,(H,18,23)(H,24,25). The minimum Gasteiger partial charge on any atom is -0.478 e. The van der Waals surface area contributed by atoms with E-state index >= 15 is 0 Å². The monoisotopic (exact) mass is 375 g/mol. The molecule has 0 atom stereocenters. The quantitative estimate of drug-likeness (QED) is 0.714. The topological polar surface area (TPSA) is 110 Å². The molecule has 1 aliphatic carbocycles. The van der Waals surface area contributed by atoms with Crippen LogP contribution < -0.4 is 5.32 Å². The second kappa shape index (κ2) is 8.79. The van der Waals surface area contributed by atoms with Crippen LogP contribution in [0.15, 0.2) is 29.4 Å². The molecular formula is C17H21N5O3S. The van der Waals surface area contributed by atoms with Crippen LogP contribution in [0.3, 0.4) is 0 Å². The maximum absolute atomic E-state index is 12.1. The average molecular weight is 375 g/mol. The highest BCUT2D eigenvalue weighted by Crippen LogP contribution is 2.23. The smallest absolute Gasteiger partial charge is 0.335 e. The van der Waals surface area contributed by atoms with Crippen molar-refractivity contribution < 1.29 is 14.7 Å². The Morgan fingerprint density at radius 3 is 2.62 bits per heavy atom. The number of carbonyl (C=O) groups excluding carboxylic acids is 1. The van der Waals surface area contributed by atoms with Gasteiger partial charge in [0.1, 0.15) is 0 Å². The van der Waals surface area contributed by atoms with E-state index in [-0.39, 0.29) is 17.2 Å². The molecule has 0 bridgehead atoms. The van der Waals surface area contributed by atoms with E-state index in [1.165, 1.54) is 60.7 Å². The fourth-order valence-electron chi connectivity index (χ4n) is 3.01. The van der Waals surface area contributed by atoms with Gasteiger partial charge in [-0.3, -0.25) is 4.79 Å². The second-order valence-corrected chi connectivity index (χ2v) is 7.26. The molecule has 1 amide bonds. The number of benzene rings is 1. The number of thioether (sulfide) groups is 1. The number of aromatic nitrogens is 4. The van der Waals surface area contributed by atoms with E-state index < -0.39 is 5.97 Å². The van der Waals surface area contributed by atoms with Gasteiger partial charge in [-0.25, -0.2) is 4.79 Å². The van der Waals surface area contributed by atoms with Gasteiger partial charge < -0.3 is 10.4 Å². The molecular weight excluding hydrogens is 354 g/mol. The minimum atomic E-state index is -0.988. The molecule has 0 spiro atoms. The number of carbonyl (C=O) groups is 2. The van der Waals surface area contributed by atoms with Crippen LogP contribution >= 0.6 is 11.8 Å². The zero-order chi connectivity index (χ0) is 18.4. The molecule has 1 heterocycles.